The second-order valence-electron chi connectivity index (χ2n) is 5.72. The summed E-state index contributed by atoms with van der Waals surface area (Å²) in [4.78, 5) is 0. The molecule has 0 aliphatic carbocycles. The highest BCUT2D eigenvalue weighted by Crippen LogP contribution is 2.33. The van der Waals surface area contributed by atoms with Crippen LogP contribution in [0.1, 0.15) is 36.1 Å². The Morgan fingerprint density at radius 1 is 1.35 bits per heavy atom. The van der Waals surface area contributed by atoms with Gasteiger partial charge in [0.25, 0.3) is 0 Å². The van der Waals surface area contributed by atoms with Crippen molar-refractivity contribution in [2.24, 2.45) is 5.92 Å². The van der Waals surface area contributed by atoms with Crippen LogP contribution in [0.25, 0.3) is 0 Å². The summed E-state index contributed by atoms with van der Waals surface area (Å²) in [6.07, 6.45) is 0.758. The molecule has 5 heteroatoms. The number of ether oxygens (including phenoxy) is 1. The molecule has 110 valence electrons. The van der Waals surface area contributed by atoms with E-state index in [1.54, 1.807) is 0 Å². The van der Waals surface area contributed by atoms with E-state index in [0.717, 1.165) is 13.0 Å². The van der Waals surface area contributed by atoms with Crippen LogP contribution < -0.4 is 5.32 Å². The van der Waals surface area contributed by atoms with Crippen molar-refractivity contribution in [3.05, 3.63) is 34.9 Å². The van der Waals surface area contributed by atoms with E-state index in [0.29, 0.717) is 24.7 Å². The normalized spacial score (nSPS) is 25.6. The Morgan fingerprint density at radius 2 is 2.15 bits per heavy atom. The fourth-order valence-corrected chi connectivity index (χ4v) is 5.09. The first-order valence-corrected chi connectivity index (χ1v) is 9.04. The minimum atomic E-state index is -2.84. The maximum atomic E-state index is 11.7. The molecule has 0 spiro atoms. The summed E-state index contributed by atoms with van der Waals surface area (Å²) in [5, 5.41) is 3.46. The van der Waals surface area contributed by atoms with Gasteiger partial charge in [-0.2, -0.15) is 0 Å². The predicted octanol–water partition coefficient (Wildman–Crippen LogP) is 1.80. The van der Waals surface area contributed by atoms with Gasteiger partial charge in [-0.25, -0.2) is 8.42 Å². The summed E-state index contributed by atoms with van der Waals surface area (Å²) in [5.41, 5.74) is 3.69. The highest BCUT2D eigenvalue weighted by atomic mass is 32.2. The van der Waals surface area contributed by atoms with Gasteiger partial charge in [0.2, 0.25) is 0 Å². The minimum absolute atomic E-state index is 0.128. The third-order valence-corrected chi connectivity index (χ3v) is 6.06. The van der Waals surface area contributed by atoms with Gasteiger partial charge in [0.05, 0.1) is 24.7 Å². The zero-order chi connectivity index (χ0) is 14.2. The third kappa shape index (κ3) is 2.75. The van der Waals surface area contributed by atoms with Crippen molar-refractivity contribution < 1.29 is 13.2 Å². The molecular weight excluding hydrogens is 274 g/mol. The number of hydrogen-bond acceptors (Lipinski definition) is 4. The molecule has 1 saturated heterocycles. The Labute approximate surface area is 120 Å². The number of hydrogen-bond donors (Lipinski definition) is 1. The van der Waals surface area contributed by atoms with Gasteiger partial charge in [-0.15, -0.1) is 0 Å². The van der Waals surface area contributed by atoms with Crippen LogP contribution in [0.3, 0.4) is 0 Å². The first kappa shape index (κ1) is 14.0. The minimum Gasteiger partial charge on any atom is -0.372 e. The van der Waals surface area contributed by atoms with Crippen molar-refractivity contribution in [3.63, 3.8) is 0 Å². The summed E-state index contributed by atoms with van der Waals surface area (Å²) < 4.78 is 28.9. The van der Waals surface area contributed by atoms with Gasteiger partial charge in [-0.3, -0.25) is 0 Å². The maximum absolute atomic E-state index is 11.7. The number of nitrogens with one attached hydrogen (secondary N) is 1. The van der Waals surface area contributed by atoms with Crippen LogP contribution in [-0.4, -0.2) is 26.5 Å². The van der Waals surface area contributed by atoms with Crippen LogP contribution in [0.15, 0.2) is 18.2 Å². The van der Waals surface area contributed by atoms with E-state index >= 15 is 0 Å². The van der Waals surface area contributed by atoms with Crippen LogP contribution >= 0.6 is 0 Å². The second-order valence-corrected chi connectivity index (χ2v) is 7.95. The molecule has 3 rings (SSSR count). The Bertz CT molecular complexity index is 597. The van der Waals surface area contributed by atoms with Crippen molar-refractivity contribution in [2.75, 3.05) is 18.1 Å². The van der Waals surface area contributed by atoms with Crippen LogP contribution in [-0.2, 0) is 27.8 Å². The summed E-state index contributed by atoms with van der Waals surface area (Å²) >= 11 is 0. The number of fused-ring (bicyclic) bond motifs is 1. The van der Waals surface area contributed by atoms with Crippen molar-refractivity contribution in [1.29, 1.82) is 0 Å². The quantitative estimate of drug-likeness (QED) is 0.920. The SMILES string of the molecule is CCNC(c1ccc2c(c1)COC2)C1CCS(=O)(=O)C1. The van der Waals surface area contributed by atoms with Gasteiger partial charge < -0.3 is 10.1 Å². The van der Waals surface area contributed by atoms with Crippen molar-refractivity contribution in [2.45, 2.75) is 32.6 Å². The molecule has 2 atom stereocenters. The van der Waals surface area contributed by atoms with E-state index in [2.05, 4.69) is 30.4 Å². The monoisotopic (exact) mass is 295 g/mol. The lowest BCUT2D eigenvalue weighted by Gasteiger charge is -2.24. The van der Waals surface area contributed by atoms with E-state index in [4.69, 9.17) is 4.74 Å². The largest absolute Gasteiger partial charge is 0.372 e. The molecule has 1 N–H and O–H groups in total. The Kier molecular flexibility index (Phi) is 3.84. The Morgan fingerprint density at radius 3 is 2.85 bits per heavy atom. The first-order valence-electron chi connectivity index (χ1n) is 7.22. The highest BCUT2D eigenvalue weighted by molar-refractivity contribution is 7.91. The predicted molar refractivity (Wildman–Crippen MR) is 78.1 cm³/mol. The smallest absolute Gasteiger partial charge is 0.150 e. The zero-order valence-corrected chi connectivity index (χ0v) is 12.6. The molecule has 1 aromatic carbocycles. The number of rotatable bonds is 4. The molecule has 20 heavy (non-hydrogen) atoms. The molecular formula is C15H21NO3S. The van der Waals surface area contributed by atoms with Crippen LogP contribution in [0.5, 0.6) is 0 Å². The van der Waals surface area contributed by atoms with Gasteiger partial charge >= 0.3 is 0 Å². The molecule has 1 fully saturated rings. The van der Waals surface area contributed by atoms with Crippen molar-refractivity contribution >= 4 is 9.84 Å². The fourth-order valence-electron chi connectivity index (χ4n) is 3.25. The van der Waals surface area contributed by atoms with Gasteiger partial charge in [0, 0.05) is 6.04 Å². The van der Waals surface area contributed by atoms with Gasteiger partial charge in [-0.1, -0.05) is 25.1 Å². The lowest BCUT2D eigenvalue weighted by molar-refractivity contribution is 0.134. The maximum Gasteiger partial charge on any atom is 0.150 e. The van der Waals surface area contributed by atoms with Crippen molar-refractivity contribution in [3.8, 4) is 0 Å². The average molecular weight is 295 g/mol. The van der Waals surface area contributed by atoms with Crippen LogP contribution in [0.4, 0.5) is 0 Å². The molecule has 0 bridgehead atoms. The average Bonchev–Trinajstić information content (AvgIpc) is 3.01. The molecule has 2 aliphatic heterocycles. The van der Waals surface area contributed by atoms with Gasteiger partial charge in [0.15, 0.2) is 9.84 Å². The van der Waals surface area contributed by atoms with Gasteiger partial charge in [-0.05, 0) is 35.6 Å². The van der Waals surface area contributed by atoms with E-state index < -0.39 is 9.84 Å². The highest BCUT2D eigenvalue weighted by Gasteiger charge is 2.34. The third-order valence-electron chi connectivity index (χ3n) is 4.27. The standard InChI is InChI=1S/C15H21NO3S/c1-2-16-15(13-5-6-20(17,18)10-13)11-3-4-12-8-19-9-14(12)7-11/h3-4,7,13,15-16H,2,5-6,8-10H2,1H3. The molecule has 0 radical (unpaired) electrons. The van der Waals surface area contributed by atoms with Crippen LogP contribution in [0, 0.1) is 5.92 Å². The lowest BCUT2D eigenvalue weighted by Crippen LogP contribution is -2.29. The fraction of sp³-hybridized carbons (Fsp3) is 0.600. The molecule has 1 aromatic rings. The van der Waals surface area contributed by atoms with Crippen LogP contribution in [0.2, 0.25) is 0 Å². The number of benzene rings is 1. The second kappa shape index (κ2) is 5.47. The van der Waals surface area contributed by atoms with E-state index in [1.165, 1.54) is 16.7 Å². The molecule has 0 saturated carbocycles. The molecule has 2 heterocycles. The van der Waals surface area contributed by atoms with Crippen molar-refractivity contribution in [1.82, 2.24) is 5.32 Å². The summed E-state index contributed by atoms with van der Waals surface area (Å²) in [6.45, 7) is 4.27. The summed E-state index contributed by atoms with van der Waals surface area (Å²) in [5.74, 6) is 0.812. The Hall–Kier alpha value is -0.910. The zero-order valence-electron chi connectivity index (χ0n) is 11.8. The molecule has 2 aliphatic rings. The summed E-state index contributed by atoms with van der Waals surface area (Å²) in [6, 6.07) is 6.54. The summed E-state index contributed by atoms with van der Waals surface area (Å²) in [7, 11) is -2.84. The molecule has 0 aromatic heterocycles. The first-order chi connectivity index (χ1) is 9.59. The van der Waals surface area contributed by atoms with E-state index in [-0.39, 0.29) is 12.0 Å². The lowest BCUT2D eigenvalue weighted by atomic mass is 9.90. The Balaban J connectivity index is 1.87. The molecule has 4 nitrogen and oxygen atoms in total. The number of sulfone groups is 1. The topological polar surface area (TPSA) is 55.4 Å². The molecule has 2 unspecified atom stereocenters. The molecule has 0 amide bonds. The van der Waals surface area contributed by atoms with E-state index in [9.17, 15) is 8.42 Å². The van der Waals surface area contributed by atoms with Gasteiger partial charge in [0.1, 0.15) is 0 Å². The van der Waals surface area contributed by atoms with E-state index in [1.807, 2.05) is 0 Å².